The Hall–Kier alpha value is 0.270. The van der Waals surface area contributed by atoms with Crippen LogP contribution in [0.4, 0.5) is 0 Å². The second-order valence-corrected chi connectivity index (χ2v) is 6.16. The predicted octanol–water partition coefficient (Wildman–Crippen LogP) is 2.27. The van der Waals surface area contributed by atoms with Crippen LogP contribution in [0.2, 0.25) is 0 Å². The lowest BCUT2D eigenvalue weighted by atomic mass is 9.77. The van der Waals surface area contributed by atoms with Crippen molar-refractivity contribution in [3.8, 4) is 0 Å². The predicted molar refractivity (Wildman–Crippen MR) is 68.5 cm³/mol. The zero-order valence-corrected chi connectivity index (χ0v) is 10.9. The second kappa shape index (κ2) is 6.77. The molecule has 0 aromatic rings. The van der Waals surface area contributed by atoms with E-state index in [4.69, 9.17) is 0 Å². The van der Waals surface area contributed by atoms with Gasteiger partial charge in [-0.15, -0.1) is 0 Å². The van der Waals surface area contributed by atoms with Gasteiger partial charge in [-0.3, -0.25) is 0 Å². The monoisotopic (exact) mass is 231 g/mol. The summed E-state index contributed by atoms with van der Waals surface area (Å²) >= 11 is 1.96. The Morgan fingerprint density at radius 3 is 2.93 bits per heavy atom. The number of rotatable bonds is 6. The zero-order valence-electron chi connectivity index (χ0n) is 10.1. The fourth-order valence-electron chi connectivity index (χ4n) is 2.55. The fourth-order valence-corrected chi connectivity index (χ4v) is 3.09. The Labute approximate surface area is 98.2 Å². The van der Waals surface area contributed by atoms with Gasteiger partial charge in [0.15, 0.2) is 0 Å². The number of hydrogen-bond donors (Lipinski definition) is 2. The minimum atomic E-state index is 0.0337. The summed E-state index contributed by atoms with van der Waals surface area (Å²) in [6.07, 6.45) is 4.87. The molecule has 1 rings (SSSR count). The molecule has 0 aromatic carbocycles. The molecule has 0 heterocycles. The van der Waals surface area contributed by atoms with Crippen molar-refractivity contribution in [2.75, 3.05) is 24.7 Å². The number of aliphatic hydroxyl groups excluding tert-OH is 1. The molecule has 2 nitrogen and oxygen atoms in total. The van der Waals surface area contributed by atoms with Crippen molar-refractivity contribution in [2.45, 2.75) is 45.1 Å². The molecule has 15 heavy (non-hydrogen) atoms. The van der Waals surface area contributed by atoms with Crippen molar-refractivity contribution in [3.63, 3.8) is 0 Å². The first-order valence-corrected chi connectivity index (χ1v) is 7.31. The van der Waals surface area contributed by atoms with Gasteiger partial charge in [0.25, 0.3) is 0 Å². The molecule has 3 heteroatoms. The smallest absolute Gasteiger partial charge is 0.0613 e. The molecule has 1 fully saturated rings. The van der Waals surface area contributed by atoms with E-state index in [1.54, 1.807) is 0 Å². The topological polar surface area (TPSA) is 32.3 Å². The molecule has 0 saturated heterocycles. The molecule has 2 N–H and O–H groups in total. The molecule has 0 bridgehead atoms. The van der Waals surface area contributed by atoms with Gasteiger partial charge >= 0.3 is 0 Å². The van der Waals surface area contributed by atoms with Gasteiger partial charge in [-0.05, 0) is 24.5 Å². The molecule has 2 unspecified atom stereocenters. The molecular weight excluding hydrogens is 206 g/mol. The summed E-state index contributed by atoms with van der Waals surface area (Å²) in [5.41, 5.74) is 0.0337. The molecular formula is C12H25NOS. The third kappa shape index (κ3) is 4.33. The van der Waals surface area contributed by atoms with Crippen molar-refractivity contribution in [2.24, 2.45) is 5.92 Å². The minimum absolute atomic E-state index is 0.0337. The maximum Gasteiger partial charge on any atom is 0.0613 e. The van der Waals surface area contributed by atoms with E-state index in [1.165, 1.54) is 18.6 Å². The summed E-state index contributed by atoms with van der Waals surface area (Å²) < 4.78 is 0. The highest BCUT2D eigenvalue weighted by Gasteiger charge is 2.33. The molecule has 2 atom stereocenters. The maximum atomic E-state index is 9.55. The van der Waals surface area contributed by atoms with Gasteiger partial charge in [0.05, 0.1) is 6.61 Å². The Balaban J connectivity index is 2.31. The third-order valence-electron chi connectivity index (χ3n) is 3.34. The van der Waals surface area contributed by atoms with E-state index in [-0.39, 0.29) is 5.54 Å². The van der Waals surface area contributed by atoms with Crippen LogP contribution in [-0.2, 0) is 0 Å². The zero-order chi connectivity index (χ0) is 11.1. The first kappa shape index (κ1) is 13.3. The molecule has 0 aromatic heterocycles. The molecule has 0 aliphatic heterocycles. The molecule has 1 saturated carbocycles. The largest absolute Gasteiger partial charge is 0.394 e. The van der Waals surface area contributed by atoms with Crippen molar-refractivity contribution in [3.05, 3.63) is 0 Å². The van der Waals surface area contributed by atoms with Gasteiger partial charge in [-0.25, -0.2) is 0 Å². The lowest BCUT2D eigenvalue weighted by molar-refractivity contribution is 0.102. The number of hydrogen-bond acceptors (Lipinski definition) is 3. The molecule has 90 valence electrons. The van der Waals surface area contributed by atoms with Crippen LogP contribution < -0.4 is 5.32 Å². The quantitative estimate of drug-likeness (QED) is 0.688. The van der Waals surface area contributed by atoms with Gasteiger partial charge in [0, 0.05) is 17.8 Å². The Morgan fingerprint density at radius 2 is 2.33 bits per heavy atom. The van der Waals surface area contributed by atoms with Gasteiger partial charge in [-0.2, -0.15) is 11.8 Å². The number of thioether (sulfide) groups is 1. The summed E-state index contributed by atoms with van der Waals surface area (Å²) in [4.78, 5) is 0. The molecule has 1 aliphatic carbocycles. The first-order chi connectivity index (χ1) is 7.22. The highest BCUT2D eigenvalue weighted by molar-refractivity contribution is 7.99. The minimum Gasteiger partial charge on any atom is -0.394 e. The Kier molecular flexibility index (Phi) is 6.02. The molecule has 0 radical (unpaired) electrons. The summed E-state index contributed by atoms with van der Waals surface area (Å²) in [5, 5.41) is 13.1. The summed E-state index contributed by atoms with van der Waals surface area (Å²) in [6.45, 7) is 5.82. The van der Waals surface area contributed by atoms with E-state index in [2.05, 4.69) is 19.2 Å². The maximum absolute atomic E-state index is 9.55. The van der Waals surface area contributed by atoms with E-state index < -0.39 is 0 Å². The van der Waals surface area contributed by atoms with Crippen LogP contribution in [0, 0.1) is 5.92 Å². The fraction of sp³-hybridized carbons (Fsp3) is 1.00. The SMILES string of the molecule is CCSCCNC1(CO)CCCC(C)C1. The highest BCUT2D eigenvalue weighted by Crippen LogP contribution is 2.31. The highest BCUT2D eigenvalue weighted by atomic mass is 32.2. The molecule has 0 amide bonds. The average Bonchev–Trinajstić information content (AvgIpc) is 2.25. The van der Waals surface area contributed by atoms with Gasteiger partial charge in [0.2, 0.25) is 0 Å². The van der Waals surface area contributed by atoms with E-state index in [0.717, 1.165) is 31.1 Å². The van der Waals surface area contributed by atoms with E-state index in [9.17, 15) is 5.11 Å². The number of aliphatic hydroxyl groups is 1. The van der Waals surface area contributed by atoms with E-state index in [1.807, 2.05) is 11.8 Å². The van der Waals surface area contributed by atoms with Crippen LogP contribution in [0.1, 0.15) is 39.5 Å². The lowest BCUT2D eigenvalue weighted by Gasteiger charge is -2.39. The number of nitrogens with one attached hydrogen (secondary N) is 1. The summed E-state index contributed by atoms with van der Waals surface area (Å²) in [6, 6.07) is 0. The van der Waals surface area contributed by atoms with Crippen molar-refractivity contribution < 1.29 is 5.11 Å². The van der Waals surface area contributed by atoms with Crippen molar-refractivity contribution >= 4 is 11.8 Å². The normalized spacial score (nSPS) is 31.8. The Morgan fingerprint density at radius 1 is 1.53 bits per heavy atom. The van der Waals surface area contributed by atoms with E-state index in [0.29, 0.717) is 6.61 Å². The standard InChI is InChI=1S/C12H25NOS/c1-3-15-8-7-13-12(10-14)6-4-5-11(2)9-12/h11,13-14H,3-10H2,1-2H3. The van der Waals surface area contributed by atoms with Crippen LogP contribution in [0.3, 0.4) is 0 Å². The second-order valence-electron chi connectivity index (χ2n) is 4.76. The van der Waals surface area contributed by atoms with Crippen LogP contribution >= 0.6 is 11.8 Å². The Bertz CT molecular complexity index is 177. The van der Waals surface area contributed by atoms with Crippen molar-refractivity contribution in [1.29, 1.82) is 0 Å². The lowest BCUT2D eigenvalue weighted by Crippen LogP contribution is -2.52. The molecule has 0 spiro atoms. The average molecular weight is 231 g/mol. The van der Waals surface area contributed by atoms with E-state index >= 15 is 0 Å². The third-order valence-corrected chi connectivity index (χ3v) is 4.25. The summed E-state index contributed by atoms with van der Waals surface area (Å²) in [7, 11) is 0. The van der Waals surface area contributed by atoms with Crippen LogP contribution in [0.5, 0.6) is 0 Å². The first-order valence-electron chi connectivity index (χ1n) is 6.16. The van der Waals surface area contributed by atoms with Crippen LogP contribution in [0.15, 0.2) is 0 Å². The summed E-state index contributed by atoms with van der Waals surface area (Å²) in [5.74, 6) is 3.11. The van der Waals surface area contributed by atoms with Crippen molar-refractivity contribution in [1.82, 2.24) is 5.32 Å². The van der Waals surface area contributed by atoms with Crippen LogP contribution in [-0.4, -0.2) is 35.3 Å². The molecule has 1 aliphatic rings. The van der Waals surface area contributed by atoms with Crippen LogP contribution in [0.25, 0.3) is 0 Å². The van der Waals surface area contributed by atoms with Gasteiger partial charge in [0.1, 0.15) is 0 Å². The van der Waals surface area contributed by atoms with Gasteiger partial charge in [-0.1, -0.05) is 26.7 Å². The van der Waals surface area contributed by atoms with Gasteiger partial charge < -0.3 is 10.4 Å².